The van der Waals surface area contributed by atoms with Gasteiger partial charge in [0.2, 0.25) is 5.78 Å². The second-order valence-electron chi connectivity index (χ2n) is 5.87. The van der Waals surface area contributed by atoms with Crippen molar-refractivity contribution in [1.82, 2.24) is 0 Å². The lowest BCUT2D eigenvalue weighted by molar-refractivity contribution is -0.385. The van der Waals surface area contributed by atoms with Gasteiger partial charge < -0.3 is 9.47 Å². The predicted octanol–water partition coefficient (Wildman–Crippen LogP) is 3.65. The third-order valence-electron chi connectivity index (χ3n) is 3.92. The topological polar surface area (TPSA) is 95.7 Å². The van der Waals surface area contributed by atoms with E-state index < -0.39 is 17.0 Å². The maximum absolute atomic E-state index is 12.6. The molecule has 7 nitrogen and oxygen atoms in total. The molecule has 0 saturated heterocycles. The summed E-state index contributed by atoms with van der Waals surface area (Å²) in [5.74, 6) is -1.12. The van der Waals surface area contributed by atoms with Gasteiger partial charge in [0, 0.05) is 11.6 Å². The molecule has 0 fully saturated rings. The van der Waals surface area contributed by atoms with Gasteiger partial charge in [0.15, 0.2) is 11.9 Å². The van der Waals surface area contributed by atoms with Crippen LogP contribution in [0.1, 0.15) is 38.8 Å². The average molecular weight is 357 g/mol. The Morgan fingerprint density at radius 1 is 1.12 bits per heavy atom. The summed E-state index contributed by atoms with van der Waals surface area (Å²) in [6.45, 7) is 5.14. The number of hydrogen-bond donors (Lipinski definition) is 0. The summed E-state index contributed by atoms with van der Waals surface area (Å²) in [5.41, 5.74) is 1.80. The smallest absolute Gasteiger partial charge is 0.339 e. The van der Waals surface area contributed by atoms with E-state index in [1.165, 1.54) is 26.2 Å². The van der Waals surface area contributed by atoms with Crippen molar-refractivity contribution in [3.05, 3.63) is 68.8 Å². The van der Waals surface area contributed by atoms with Crippen molar-refractivity contribution in [2.45, 2.75) is 26.9 Å². The molecule has 0 saturated carbocycles. The van der Waals surface area contributed by atoms with Crippen LogP contribution in [0.25, 0.3) is 0 Å². The summed E-state index contributed by atoms with van der Waals surface area (Å²) >= 11 is 0. The van der Waals surface area contributed by atoms with E-state index in [-0.39, 0.29) is 22.8 Å². The molecule has 7 heteroatoms. The van der Waals surface area contributed by atoms with Gasteiger partial charge in [0.05, 0.1) is 17.6 Å². The zero-order valence-electron chi connectivity index (χ0n) is 14.9. The Bertz CT molecular complexity index is 874. The average Bonchev–Trinajstić information content (AvgIpc) is 2.62. The Hall–Kier alpha value is -3.22. The highest BCUT2D eigenvalue weighted by atomic mass is 16.6. The number of rotatable bonds is 6. The van der Waals surface area contributed by atoms with E-state index in [9.17, 15) is 19.7 Å². The number of ether oxygens (including phenoxy) is 2. The summed E-state index contributed by atoms with van der Waals surface area (Å²) in [7, 11) is 1.30. The predicted molar refractivity (Wildman–Crippen MR) is 94.8 cm³/mol. The number of esters is 1. The van der Waals surface area contributed by atoms with Crippen LogP contribution in [0.3, 0.4) is 0 Å². The molecule has 0 aliphatic carbocycles. The third kappa shape index (κ3) is 4.05. The van der Waals surface area contributed by atoms with Crippen LogP contribution >= 0.6 is 0 Å². The first-order valence-electron chi connectivity index (χ1n) is 7.89. The zero-order valence-corrected chi connectivity index (χ0v) is 14.9. The number of carbonyl (C=O) groups excluding carboxylic acids is 2. The molecular weight excluding hydrogens is 338 g/mol. The monoisotopic (exact) mass is 357 g/mol. The second-order valence-corrected chi connectivity index (χ2v) is 5.87. The van der Waals surface area contributed by atoms with Crippen LogP contribution in [-0.4, -0.2) is 29.9 Å². The summed E-state index contributed by atoms with van der Waals surface area (Å²) < 4.78 is 10.1. The number of aryl methyl sites for hydroxylation is 2. The van der Waals surface area contributed by atoms with Crippen LogP contribution < -0.4 is 4.74 Å². The molecule has 0 spiro atoms. The van der Waals surface area contributed by atoms with Gasteiger partial charge in [-0.2, -0.15) is 0 Å². The molecule has 0 amide bonds. The van der Waals surface area contributed by atoms with Crippen molar-refractivity contribution in [3.8, 4) is 5.75 Å². The number of Topliss-reactive ketones (excluding diaryl/α,β-unsaturated/α-hetero) is 1. The van der Waals surface area contributed by atoms with Crippen LogP contribution in [-0.2, 0) is 4.74 Å². The number of carbonyl (C=O) groups is 2. The van der Waals surface area contributed by atoms with Crippen LogP contribution in [0.4, 0.5) is 5.69 Å². The quantitative estimate of drug-likeness (QED) is 0.339. The van der Waals surface area contributed by atoms with E-state index in [4.69, 9.17) is 9.47 Å². The van der Waals surface area contributed by atoms with Crippen molar-refractivity contribution in [2.24, 2.45) is 0 Å². The molecule has 1 atom stereocenters. The zero-order chi connectivity index (χ0) is 19.4. The number of nitro groups is 1. The lowest BCUT2D eigenvalue weighted by atomic mass is 9.99. The SMILES string of the molecule is COc1ccc(C(=O)O[C@H](C)C(=O)c2cc(C)ccc2C)cc1[N+](=O)[O-]. The highest BCUT2D eigenvalue weighted by Crippen LogP contribution is 2.28. The van der Waals surface area contributed by atoms with Crippen LogP contribution in [0, 0.1) is 24.0 Å². The molecule has 0 heterocycles. The number of ketones is 1. The largest absolute Gasteiger partial charge is 0.490 e. The Morgan fingerprint density at radius 2 is 1.81 bits per heavy atom. The van der Waals surface area contributed by atoms with Crippen molar-refractivity contribution in [1.29, 1.82) is 0 Å². The number of benzene rings is 2. The van der Waals surface area contributed by atoms with E-state index >= 15 is 0 Å². The molecule has 136 valence electrons. The third-order valence-corrected chi connectivity index (χ3v) is 3.92. The minimum Gasteiger partial charge on any atom is -0.490 e. The summed E-state index contributed by atoms with van der Waals surface area (Å²) in [6, 6.07) is 9.18. The van der Waals surface area contributed by atoms with Gasteiger partial charge in [-0.05, 0) is 44.5 Å². The summed E-state index contributed by atoms with van der Waals surface area (Å²) in [6.07, 6.45) is -1.02. The maximum atomic E-state index is 12.6. The molecule has 0 radical (unpaired) electrons. The molecule has 0 aliphatic rings. The molecule has 2 rings (SSSR count). The van der Waals surface area contributed by atoms with Gasteiger partial charge in [0.25, 0.3) is 0 Å². The first kappa shape index (κ1) is 19.1. The first-order chi connectivity index (χ1) is 12.2. The summed E-state index contributed by atoms with van der Waals surface area (Å²) in [4.78, 5) is 35.2. The van der Waals surface area contributed by atoms with Crippen LogP contribution in [0.15, 0.2) is 36.4 Å². The second kappa shape index (κ2) is 7.77. The van der Waals surface area contributed by atoms with Gasteiger partial charge in [0.1, 0.15) is 0 Å². The van der Waals surface area contributed by atoms with Gasteiger partial charge in [-0.3, -0.25) is 14.9 Å². The van der Waals surface area contributed by atoms with Crippen LogP contribution in [0.2, 0.25) is 0 Å². The van der Waals surface area contributed by atoms with E-state index in [2.05, 4.69) is 0 Å². The normalized spacial score (nSPS) is 11.5. The van der Waals surface area contributed by atoms with Crippen molar-refractivity contribution >= 4 is 17.4 Å². The molecule has 26 heavy (non-hydrogen) atoms. The van der Waals surface area contributed by atoms with Gasteiger partial charge in [-0.1, -0.05) is 17.7 Å². The van der Waals surface area contributed by atoms with Crippen molar-refractivity contribution in [2.75, 3.05) is 7.11 Å². The van der Waals surface area contributed by atoms with Crippen LogP contribution in [0.5, 0.6) is 5.75 Å². The first-order valence-corrected chi connectivity index (χ1v) is 7.89. The van der Waals surface area contributed by atoms with Crippen molar-refractivity contribution in [3.63, 3.8) is 0 Å². The molecule has 2 aromatic rings. The number of nitrogens with zero attached hydrogens (tertiary/aromatic N) is 1. The van der Waals surface area contributed by atoms with Crippen molar-refractivity contribution < 1.29 is 24.0 Å². The molecule has 0 aromatic heterocycles. The number of methoxy groups -OCH3 is 1. The fraction of sp³-hybridized carbons (Fsp3) is 0.263. The summed E-state index contributed by atoms with van der Waals surface area (Å²) in [5, 5.41) is 11.1. The minimum atomic E-state index is -1.02. The van der Waals surface area contributed by atoms with Gasteiger partial charge >= 0.3 is 11.7 Å². The highest BCUT2D eigenvalue weighted by Gasteiger charge is 2.24. The molecule has 2 aromatic carbocycles. The lowest BCUT2D eigenvalue weighted by Crippen LogP contribution is -2.25. The fourth-order valence-electron chi connectivity index (χ4n) is 2.46. The lowest BCUT2D eigenvalue weighted by Gasteiger charge is -2.14. The highest BCUT2D eigenvalue weighted by molar-refractivity contribution is 6.02. The Labute approximate surface area is 150 Å². The molecule has 0 aliphatic heterocycles. The molecule has 0 N–H and O–H groups in total. The van der Waals surface area contributed by atoms with E-state index in [1.807, 2.05) is 19.1 Å². The van der Waals surface area contributed by atoms with E-state index in [0.29, 0.717) is 5.56 Å². The molecule has 0 unspecified atom stereocenters. The number of hydrogen-bond acceptors (Lipinski definition) is 6. The minimum absolute atomic E-state index is 0.0295. The Morgan fingerprint density at radius 3 is 2.42 bits per heavy atom. The number of nitro benzene ring substituents is 1. The molecular formula is C19H19NO6. The van der Waals surface area contributed by atoms with E-state index in [1.54, 1.807) is 13.0 Å². The fourth-order valence-corrected chi connectivity index (χ4v) is 2.46. The maximum Gasteiger partial charge on any atom is 0.339 e. The Kier molecular flexibility index (Phi) is 5.71. The molecule has 0 bridgehead atoms. The standard InChI is InChI=1S/C19H19NO6/c1-11-5-6-12(2)15(9-11)18(21)13(3)26-19(22)14-7-8-17(25-4)16(10-14)20(23)24/h5-10,13H,1-4H3/t13-/m1/s1. The van der Waals surface area contributed by atoms with E-state index in [0.717, 1.165) is 17.2 Å². The van der Waals surface area contributed by atoms with Gasteiger partial charge in [-0.25, -0.2) is 4.79 Å². The van der Waals surface area contributed by atoms with Gasteiger partial charge in [-0.15, -0.1) is 0 Å². The Balaban J connectivity index is 2.21.